The Bertz CT molecular complexity index is 575. The third-order valence-corrected chi connectivity index (χ3v) is 5.91. The highest BCUT2D eigenvalue weighted by molar-refractivity contribution is 5.88. The van der Waals surface area contributed by atoms with Crippen molar-refractivity contribution in [1.82, 2.24) is 9.80 Å². The van der Waals surface area contributed by atoms with Crippen molar-refractivity contribution in [2.75, 3.05) is 31.1 Å². The van der Waals surface area contributed by atoms with Gasteiger partial charge in [0.1, 0.15) is 0 Å². The lowest BCUT2D eigenvalue weighted by atomic mass is 10.1. The summed E-state index contributed by atoms with van der Waals surface area (Å²) in [6.07, 6.45) is 6.97. The number of hydrogen-bond donors (Lipinski definition) is 0. The molecule has 0 bridgehead atoms. The van der Waals surface area contributed by atoms with Gasteiger partial charge in [0.15, 0.2) is 0 Å². The van der Waals surface area contributed by atoms with E-state index < -0.39 is 5.85 Å². The van der Waals surface area contributed by atoms with Gasteiger partial charge in [-0.2, -0.15) is 0 Å². The molecule has 0 aromatic heterocycles. The average Bonchev–Trinajstić information content (AvgIpc) is 2.70. The van der Waals surface area contributed by atoms with Gasteiger partial charge >= 0.3 is 6.09 Å². The second-order valence-corrected chi connectivity index (χ2v) is 8.20. The molecule has 2 saturated heterocycles. The van der Waals surface area contributed by atoms with Crippen LogP contribution in [-0.2, 0) is 4.74 Å². The molecule has 2 fully saturated rings. The van der Waals surface area contributed by atoms with Gasteiger partial charge in [-0.1, -0.05) is 31.0 Å². The van der Waals surface area contributed by atoms with Crippen LogP contribution in [0.5, 0.6) is 0 Å². The zero-order valence-electron chi connectivity index (χ0n) is 17.2. The van der Waals surface area contributed by atoms with Crippen molar-refractivity contribution in [1.29, 1.82) is 0 Å². The average molecular weight is 374 g/mol. The fourth-order valence-electron chi connectivity index (χ4n) is 4.36. The number of para-hydroxylation sites is 1. The molecule has 0 aliphatic carbocycles. The second kappa shape index (κ2) is 9.07. The molecule has 2 aliphatic heterocycles. The predicted molar refractivity (Wildman–Crippen MR) is 110 cm³/mol. The fraction of sp³-hybridized carbons (Fsp3) is 0.682. The Balaban J connectivity index is 1.84. The number of likely N-dealkylation sites (tertiary alicyclic amines) is 2. The molecule has 27 heavy (non-hydrogen) atoms. The highest BCUT2D eigenvalue weighted by Gasteiger charge is 2.43. The van der Waals surface area contributed by atoms with Crippen LogP contribution < -0.4 is 4.90 Å². The summed E-state index contributed by atoms with van der Waals surface area (Å²) in [5, 5.41) is 0. The van der Waals surface area contributed by atoms with E-state index in [0.717, 1.165) is 31.9 Å². The summed E-state index contributed by atoms with van der Waals surface area (Å²) in [6.45, 7) is 10.1. The molecule has 0 N–H and O–H groups in total. The third kappa shape index (κ3) is 4.64. The molecule has 1 aromatic carbocycles. The summed E-state index contributed by atoms with van der Waals surface area (Å²) in [6, 6.07) is 9.88. The molecular formula is C22H35N3O2. The number of rotatable bonds is 5. The van der Waals surface area contributed by atoms with Crippen molar-refractivity contribution < 1.29 is 9.53 Å². The molecule has 1 aromatic rings. The van der Waals surface area contributed by atoms with Crippen LogP contribution in [0.3, 0.4) is 0 Å². The quantitative estimate of drug-likeness (QED) is 0.750. The number of carbonyl (C=O) groups excluding carboxylic acids is 1. The molecule has 0 atom stereocenters. The Morgan fingerprint density at radius 1 is 0.926 bits per heavy atom. The van der Waals surface area contributed by atoms with Crippen LogP contribution in [0.2, 0.25) is 0 Å². The van der Waals surface area contributed by atoms with Crippen LogP contribution in [0, 0.1) is 0 Å². The molecule has 0 saturated carbocycles. The van der Waals surface area contributed by atoms with E-state index in [1.807, 2.05) is 44.2 Å². The van der Waals surface area contributed by atoms with Gasteiger partial charge in [-0.25, -0.2) is 4.79 Å². The Kier molecular flexibility index (Phi) is 6.77. The molecule has 0 unspecified atom stereocenters. The molecule has 2 aliphatic rings. The number of ether oxygens (including phenoxy) is 1. The van der Waals surface area contributed by atoms with E-state index in [9.17, 15) is 4.79 Å². The van der Waals surface area contributed by atoms with Crippen molar-refractivity contribution in [3.05, 3.63) is 30.3 Å². The second-order valence-electron chi connectivity index (χ2n) is 8.20. The Morgan fingerprint density at radius 2 is 1.41 bits per heavy atom. The zero-order valence-corrected chi connectivity index (χ0v) is 17.2. The van der Waals surface area contributed by atoms with Gasteiger partial charge in [0.25, 0.3) is 0 Å². The summed E-state index contributed by atoms with van der Waals surface area (Å²) < 4.78 is 6.33. The van der Waals surface area contributed by atoms with Crippen molar-refractivity contribution in [2.45, 2.75) is 71.2 Å². The van der Waals surface area contributed by atoms with Crippen LogP contribution in [0.25, 0.3) is 0 Å². The highest BCUT2D eigenvalue weighted by atomic mass is 16.6. The van der Waals surface area contributed by atoms with Crippen LogP contribution in [0.4, 0.5) is 10.5 Å². The van der Waals surface area contributed by atoms with Gasteiger partial charge in [-0.05, 0) is 51.7 Å². The van der Waals surface area contributed by atoms with Gasteiger partial charge in [0, 0.05) is 44.8 Å². The summed E-state index contributed by atoms with van der Waals surface area (Å²) in [4.78, 5) is 19.9. The van der Waals surface area contributed by atoms with Gasteiger partial charge in [0.05, 0.1) is 0 Å². The van der Waals surface area contributed by atoms with Crippen molar-refractivity contribution >= 4 is 11.8 Å². The Morgan fingerprint density at radius 3 is 1.85 bits per heavy atom. The van der Waals surface area contributed by atoms with E-state index in [2.05, 4.69) is 16.7 Å². The van der Waals surface area contributed by atoms with Crippen molar-refractivity contribution in [2.24, 2.45) is 0 Å². The summed E-state index contributed by atoms with van der Waals surface area (Å²) in [5.74, 6) is -0.667. The first kappa shape index (κ1) is 20.2. The van der Waals surface area contributed by atoms with E-state index in [0.29, 0.717) is 0 Å². The molecule has 1 amide bonds. The van der Waals surface area contributed by atoms with Crippen LogP contribution in [0.1, 0.15) is 59.3 Å². The molecule has 2 heterocycles. The molecule has 0 radical (unpaired) electrons. The maximum absolute atomic E-state index is 13.3. The van der Waals surface area contributed by atoms with Crippen molar-refractivity contribution in [3.63, 3.8) is 0 Å². The molecule has 150 valence electrons. The largest absolute Gasteiger partial charge is 0.417 e. The maximum Gasteiger partial charge on any atom is 0.417 e. The smallest absolute Gasteiger partial charge is 0.414 e. The molecule has 3 rings (SSSR count). The SMILES string of the molecule is CC(C)N(C(=O)OC(C)(N1CCCCC1)N1CCCCC1)c1ccccc1. The predicted octanol–water partition coefficient (Wildman–Crippen LogP) is 4.68. The maximum atomic E-state index is 13.3. The molecular weight excluding hydrogens is 338 g/mol. The number of hydrogen-bond acceptors (Lipinski definition) is 4. The lowest BCUT2D eigenvalue weighted by Crippen LogP contribution is -2.64. The van der Waals surface area contributed by atoms with Gasteiger partial charge in [-0.15, -0.1) is 0 Å². The number of amides is 1. The van der Waals surface area contributed by atoms with Gasteiger partial charge in [0.2, 0.25) is 5.85 Å². The summed E-state index contributed by atoms with van der Waals surface area (Å²) in [7, 11) is 0. The van der Waals surface area contributed by atoms with E-state index >= 15 is 0 Å². The van der Waals surface area contributed by atoms with Crippen molar-refractivity contribution in [3.8, 4) is 0 Å². The third-order valence-electron chi connectivity index (χ3n) is 5.91. The minimum absolute atomic E-state index is 0.0341. The van der Waals surface area contributed by atoms with Crippen LogP contribution in [0.15, 0.2) is 30.3 Å². The van der Waals surface area contributed by atoms with Gasteiger partial charge < -0.3 is 4.74 Å². The lowest BCUT2D eigenvalue weighted by molar-refractivity contribution is -0.210. The normalized spacial score (nSPS) is 19.9. The number of carbonyl (C=O) groups is 1. The van der Waals surface area contributed by atoms with E-state index in [4.69, 9.17) is 4.74 Å². The zero-order chi connectivity index (χ0) is 19.3. The first-order valence-electron chi connectivity index (χ1n) is 10.6. The molecule has 5 nitrogen and oxygen atoms in total. The first-order chi connectivity index (χ1) is 13.0. The molecule has 5 heteroatoms. The van der Waals surface area contributed by atoms with Crippen LogP contribution >= 0.6 is 0 Å². The minimum Gasteiger partial charge on any atom is -0.414 e. The minimum atomic E-state index is -0.667. The number of benzene rings is 1. The first-order valence-corrected chi connectivity index (χ1v) is 10.6. The van der Waals surface area contributed by atoms with Crippen LogP contribution in [-0.4, -0.2) is 54.0 Å². The standard InChI is InChI=1S/C22H35N3O2/c1-19(2)25(20-13-7-4-8-14-20)21(26)27-22(3,23-15-9-5-10-16-23)24-17-11-6-12-18-24/h4,7-8,13-14,19H,5-6,9-12,15-18H2,1-3H3. The number of piperidine rings is 2. The van der Waals surface area contributed by atoms with Gasteiger partial charge in [-0.3, -0.25) is 14.7 Å². The highest BCUT2D eigenvalue weighted by Crippen LogP contribution is 2.31. The van der Waals surface area contributed by atoms with E-state index in [-0.39, 0.29) is 12.1 Å². The lowest BCUT2D eigenvalue weighted by Gasteiger charge is -2.50. The topological polar surface area (TPSA) is 36.0 Å². The fourth-order valence-corrected chi connectivity index (χ4v) is 4.36. The summed E-state index contributed by atoms with van der Waals surface area (Å²) >= 11 is 0. The molecule has 0 spiro atoms. The van der Waals surface area contributed by atoms with E-state index in [1.165, 1.54) is 38.5 Å². The summed E-state index contributed by atoms with van der Waals surface area (Å²) in [5.41, 5.74) is 0.886. The Labute approximate surface area is 164 Å². The number of nitrogens with zero attached hydrogens (tertiary/aromatic N) is 3. The monoisotopic (exact) mass is 373 g/mol. The Hall–Kier alpha value is -1.59. The number of anilines is 1. The van der Waals surface area contributed by atoms with E-state index in [1.54, 1.807) is 4.90 Å².